The molecule has 1 heterocycles. The van der Waals surface area contributed by atoms with E-state index < -0.39 is 17.3 Å². The number of benzene rings is 1. The number of likely N-dealkylation sites (tertiary alicyclic amines) is 1. The van der Waals surface area contributed by atoms with Gasteiger partial charge >= 0.3 is 12.1 Å². The highest BCUT2D eigenvalue weighted by molar-refractivity contribution is 6.30. The lowest BCUT2D eigenvalue weighted by atomic mass is 9.74. The molecule has 3 atom stereocenters. The van der Waals surface area contributed by atoms with E-state index in [0.717, 1.165) is 50.5 Å². The van der Waals surface area contributed by atoms with Crippen LogP contribution in [0.5, 0.6) is 0 Å². The third-order valence-electron chi connectivity index (χ3n) is 8.43. The molecule has 2 fully saturated rings. The van der Waals surface area contributed by atoms with Crippen molar-refractivity contribution in [1.29, 1.82) is 0 Å². The molecule has 0 spiro atoms. The van der Waals surface area contributed by atoms with Crippen LogP contribution in [0.15, 0.2) is 24.3 Å². The number of hydrogen-bond acceptors (Lipinski definition) is 5. The van der Waals surface area contributed by atoms with E-state index in [9.17, 15) is 14.7 Å². The first kappa shape index (κ1) is 33.5. The SMILES string of the molecule is COCCCC[C@@](O)(c1cccc(Cl)c1)[C@@H]1CCCN(C(=O)NC[C@H](CC2CCCCC2)NC(=O)OC(C)(C)C)C1. The van der Waals surface area contributed by atoms with E-state index >= 15 is 0 Å². The fourth-order valence-corrected chi connectivity index (χ4v) is 6.54. The first-order valence-electron chi connectivity index (χ1n) is 15.5. The van der Waals surface area contributed by atoms with Crippen LogP contribution in [-0.4, -0.2) is 67.1 Å². The van der Waals surface area contributed by atoms with Crippen LogP contribution in [0.25, 0.3) is 0 Å². The minimum absolute atomic E-state index is 0.124. The van der Waals surface area contributed by atoms with E-state index in [1.807, 2.05) is 49.9 Å². The predicted octanol–water partition coefficient (Wildman–Crippen LogP) is 6.63. The number of alkyl carbamates (subject to hydrolysis) is 1. The third kappa shape index (κ3) is 11.0. The number of urea groups is 1. The standard InChI is InChI=1S/C32H52ClN3O5/c1-31(2,3)41-30(38)35-28(20-24-12-6-5-7-13-24)22-34-29(37)36-18-11-15-26(23-36)32(39,17-8-9-19-40-4)25-14-10-16-27(33)21-25/h10,14,16,21,24,26,28,39H,5-9,11-13,15,17-20,22-23H2,1-4H3,(H,34,37)(H,35,38)/t26-,28+,32-/m1/s1. The van der Waals surface area contributed by atoms with Crippen molar-refractivity contribution in [1.82, 2.24) is 15.5 Å². The Balaban J connectivity index is 1.66. The third-order valence-corrected chi connectivity index (χ3v) is 8.66. The largest absolute Gasteiger partial charge is 0.444 e. The van der Waals surface area contributed by atoms with Crippen molar-refractivity contribution in [2.45, 2.75) is 109 Å². The number of carbonyl (C=O) groups is 2. The van der Waals surface area contributed by atoms with Gasteiger partial charge in [-0.15, -0.1) is 0 Å². The van der Waals surface area contributed by atoms with Crippen LogP contribution < -0.4 is 10.6 Å². The molecular formula is C32H52ClN3O5. The first-order valence-corrected chi connectivity index (χ1v) is 15.9. The molecule has 1 aliphatic carbocycles. The summed E-state index contributed by atoms with van der Waals surface area (Å²) in [5.74, 6) is 0.409. The second-order valence-corrected chi connectivity index (χ2v) is 13.4. The van der Waals surface area contributed by atoms with Gasteiger partial charge in [0.25, 0.3) is 0 Å². The number of rotatable bonds is 12. The van der Waals surface area contributed by atoms with Gasteiger partial charge in [-0.05, 0) is 82.9 Å². The number of unbranched alkanes of at least 4 members (excludes halogenated alkanes) is 1. The summed E-state index contributed by atoms with van der Waals surface area (Å²) in [6.45, 7) is 7.60. The Kier molecular flexibility index (Phi) is 13.1. The van der Waals surface area contributed by atoms with Gasteiger partial charge < -0.3 is 30.1 Å². The predicted molar refractivity (Wildman–Crippen MR) is 163 cm³/mol. The molecule has 1 saturated carbocycles. The van der Waals surface area contributed by atoms with E-state index in [1.165, 1.54) is 19.3 Å². The highest BCUT2D eigenvalue weighted by Crippen LogP contribution is 2.40. The molecule has 0 aromatic heterocycles. The molecule has 9 heteroatoms. The Bertz CT molecular complexity index is 965. The van der Waals surface area contributed by atoms with Gasteiger partial charge in [0, 0.05) is 50.3 Å². The number of piperidine rings is 1. The van der Waals surface area contributed by atoms with Crippen molar-refractivity contribution in [3.8, 4) is 0 Å². The molecule has 3 rings (SSSR count). The second kappa shape index (κ2) is 16.0. The minimum Gasteiger partial charge on any atom is -0.444 e. The van der Waals surface area contributed by atoms with Crippen molar-refractivity contribution < 1.29 is 24.2 Å². The summed E-state index contributed by atoms with van der Waals surface area (Å²) in [7, 11) is 1.68. The van der Waals surface area contributed by atoms with Gasteiger partial charge in [0.05, 0.1) is 5.60 Å². The Morgan fingerprint density at radius 3 is 2.56 bits per heavy atom. The molecule has 0 radical (unpaired) electrons. The number of carbonyl (C=O) groups excluding carboxylic acids is 2. The van der Waals surface area contributed by atoms with E-state index in [2.05, 4.69) is 10.6 Å². The topological polar surface area (TPSA) is 100 Å². The maximum Gasteiger partial charge on any atom is 0.407 e. The maximum absolute atomic E-state index is 13.4. The summed E-state index contributed by atoms with van der Waals surface area (Å²) in [6, 6.07) is 7.08. The van der Waals surface area contributed by atoms with E-state index in [4.69, 9.17) is 21.1 Å². The van der Waals surface area contributed by atoms with Gasteiger partial charge in [-0.1, -0.05) is 55.8 Å². The Labute approximate surface area is 251 Å². The molecule has 1 aliphatic heterocycles. The minimum atomic E-state index is -1.10. The summed E-state index contributed by atoms with van der Waals surface area (Å²) in [5, 5.41) is 18.8. The van der Waals surface area contributed by atoms with E-state index in [0.29, 0.717) is 43.6 Å². The van der Waals surface area contributed by atoms with Crippen LogP contribution in [0.3, 0.4) is 0 Å². The van der Waals surface area contributed by atoms with Crippen molar-refractivity contribution in [3.63, 3.8) is 0 Å². The van der Waals surface area contributed by atoms with Crippen molar-refractivity contribution in [3.05, 3.63) is 34.9 Å². The molecule has 41 heavy (non-hydrogen) atoms. The lowest BCUT2D eigenvalue weighted by molar-refractivity contribution is -0.0563. The number of halogens is 1. The molecule has 8 nitrogen and oxygen atoms in total. The second-order valence-electron chi connectivity index (χ2n) is 12.9. The highest BCUT2D eigenvalue weighted by Gasteiger charge is 2.41. The molecule has 1 aromatic rings. The number of hydrogen-bond donors (Lipinski definition) is 3. The van der Waals surface area contributed by atoms with Crippen LogP contribution in [0.4, 0.5) is 9.59 Å². The number of nitrogens with one attached hydrogen (secondary N) is 2. The molecule has 1 saturated heterocycles. The molecule has 3 N–H and O–H groups in total. The van der Waals surface area contributed by atoms with Crippen LogP contribution >= 0.6 is 11.6 Å². The molecule has 0 bridgehead atoms. The number of ether oxygens (including phenoxy) is 2. The average Bonchev–Trinajstić information content (AvgIpc) is 2.93. The fraction of sp³-hybridized carbons (Fsp3) is 0.750. The fourth-order valence-electron chi connectivity index (χ4n) is 6.35. The van der Waals surface area contributed by atoms with Gasteiger partial charge in [0.1, 0.15) is 5.60 Å². The number of aliphatic hydroxyl groups is 1. The summed E-state index contributed by atoms with van der Waals surface area (Å²) in [5.41, 5.74) is -0.891. The van der Waals surface area contributed by atoms with Gasteiger partial charge in [-0.3, -0.25) is 0 Å². The smallest absolute Gasteiger partial charge is 0.407 e. The van der Waals surface area contributed by atoms with Gasteiger partial charge in [-0.2, -0.15) is 0 Å². The summed E-state index contributed by atoms with van der Waals surface area (Å²) >= 11 is 6.32. The zero-order valence-electron chi connectivity index (χ0n) is 25.6. The van der Waals surface area contributed by atoms with E-state index in [1.54, 1.807) is 7.11 Å². The molecular weight excluding hydrogens is 542 g/mol. The summed E-state index contributed by atoms with van der Waals surface area (Å²) < 4.78 is 10.7. The zero-order valence-corrected chi connectivity index (χ0v) is 26.3. The summed E-state index contributed by atoms with van der Waals surface area (Å²) in [4.78, 5) is 27.8. The molecule has 1 aromatic carbocycles. The Morgan fingerprint density at radius 1 is 1.12 bits per heavy atom. The lowest BCUT2D eigenvalue weighted by Crippen LogP contribution is -2.53. The molecule has 232 valence electrons. The van der Waals surface area contributed by atoms with Gasteiger partial charge in [-0.25, -0.2) is 9.59 Å². The van der Waals surface area contributed by atoms with Crippen molar-refractivity contribution in [2.24, 2.45) is 11.8 Å². The quantitative estimate of drug-likeness (QED) is 0.236. The molecule has 2 aliphatic rings. The zero-order chi connectivity index (χ0) is 29.9. The summed E-state index contributed by atoms with van der Waals surface area (Å²) in [6.07, 6.45) is 10.2. The normalized spacial score (nSPS) is 20.6. The Morgan fingerprint density at radius 2 is 1.88 bits per heavy atom. The van der Waals surface area contributed by atoms with Crippen LogP contribution in [0.1, 0.15) is 97.0 Å². The lowest BCUT2D eigenvalue weighted by Gasteiger charge is -2.43. The number of methoxy groups -OCH3 is 1. The first-order chi connectivity index (χ1) is 19.5. The molecule has 3 amide bonds. The van der Waals surface area contributed by atoms with Gasteiger partial charge in [0.2, 0.25) is 0 Å². The number of nitrogens with zero attached hydrogens (tertiary/aromatic N) is 1. The van der Waals surface area contributed by atoms with Crippen LogP contribution in [0, 0.1) is 11.8 Å². The molecule has 0 unspecified atom stereocenters. The highest BCUT2D eigenvalue weighted by atomic mass is 35.5. The maximum atomic E-state index is 13.4. The van der Waals surface area contributed by atoms with Crippen molar-refractivity contribution in [2.75, 3.05) is 33.4 Å². The monoisotopic (exact) mass is 593 g/mol. The number of amides is 3. The van der Waals surface area contributed by atoms with Gasteiger partial charge in [0.15, 0.2) is 0 Å². The van der Waals surface area contributed by atoms with E-state index in [-0.39, 0.29) is 18.0 Å². The Hall–Kier alpha value is -2.03. The van der Waals surface area contributed by atoms with Crippen molar-refractivity contribution >= 4 is 23.7 Å². The van der Waals surface area contributed by atoms with Crippen LogP contribution in [-0.2, 0) is 15.1 Å². The van der Waals surface area contributed by atoms with Crippen LogP contribution in [0.2, 0.25) is 5.02 Å². The average molecular weight is 594 g/mol.